The van der Waals surface area contributed by atoms with E-state index in [1.165, 1.54) is 26.4 Å². The maximum atomic E-state index is 12.6. The molecule has 0 atom stereocenters. The summed E-state index contributed by atoms with van der Waals surface area (Å²) in [5.74, 6) is 0.578. The molecule has 0 radical (unpaired) electrons. The van der Waals surface area contributed by atoms with Gasteiger partial charge in [-0.1, -0.05) is 6.07 Å². The molecule has 0 aromatic heterocycles. The summed E-state index contributed by atoms with van der Waals surface area (Å²) < 4.78 is 10.5. The Balaban J connectivity index is 1.57. The molecule has 0 bridgehead atoms. The van der Waals surface area contributed by atoms with Crippen molar-refractivity contribution in [1.29, 1.82) is 0 Å². The van der Waals surface area contributed by atoms with E-state index in [2.05, 4.69) is 5.32 Å². The Kier molecular flexibility index (Phi) is 7.19. The quantitative estimate of drug-likeness (QED) is 0.472. The first-order chi connectivity index (χ1) is 14.9. The molecule has 3 rings (SSSR count). The maximum absolute atomic E-state index is 12.6. The summed E-state index contributed by atoms with van der Waals surface area (Å²) in [6.07, 6.45) is 2.12. The van der Waals surface area contributed by atoms with Gasteiger partial charge in [-0.2, -0.15) is 0 Å². The molecule has 2 aromatic carbocycles. The number of aromatic hydroxyl groups is 1. The van der Waals surface area contributed by atoms with Gasteiger partial charge in [-0.15, -0.1) is 0 Å². The minimum absolute atomic E-state index is 0.110. The number of thioether (sulfide) groups is 1. The SMILES string of the molecule is COc1ccc(C=C2SC(=O)N(CCCC(=O)Nc3ccc(O)cc3)C2=O)cc1OC. The number of nitrogens with one attached hydrogen (secondary N) is 1. The van der Waals surface area contributed by atoms with E-state index in [-0.39, 0.29) is 35.8 Å². The fourth-order valence-corrected chi connectivity index (χ4v) is 3.82. The number of carbonyl (C=O) groups excluding carboxylic acids is 3. The Morgan fingerprint density at radius 3 is 2.48 bits per heavy atom. The van der Waals surface area contributed by atoms with E-state index in [9.17, 15) is 19.5 Å². The van der Waals surface area contributed by atoms with E-state index in [1.807, 2.05) is 0 Å². The fourth-order valence-electron chi connectivity index (χ4n) is 2.95. The molecular weight excluding hydrogens is 420 g/mol. The predicted octanol–water partition coefficient (Wildman–Crippen LogP) is 3.86. The number of hydrogen-bond acceptors (Lipinski definition) is 7. The zero-order valence-electron chi connectivity index (χ0n) is 17.1. The van der Waals surface area contributed by atoms with Crippen molar-refractivity contribution in [2.24, 2.45) is 0 Å². The molecule has 31 heavy (non-hydrogen) atoms. The number of imide groups is 1. The van der Waals surface area contributed by atoms with Crippen molar-refractivity contribution >= 4 is 40.6 Å². The van der Waals surface area contributed by atoms with Crippen LogP contribution in [0.1, 0.15) is 18.4 Å². The van der Waals surface area contributed by atoms with Gasteiger partial charge in [0.05, 0.1) is 19.1 Å². The first-order valence-corrected chi connectivity index (χ1v) is 10.3. The first-order valence-electron chi connectivity index (χ1n) is 9.47. The molecule has 0 spiro atoms. The molecular formula is C22H22N2O6S. The molecule has 1 aliphatic heterocycles. The lowest BCUT2D eigenvalue weighted by atomic mass is 10.2. The molecule has 2 aromatic rings. The highest BCUT2D eigenvalue weighted by Crippen LogP contribution is 2.34. The summed E-state index contributed by atoms with van der Waals surface area (Å²) >= 11 is 0.865. The van der Waals surface area contributed by atoms with E-state index < -0.39 is 0 Å². The summed E-state index contributed by atoms with van der Waals surface area (Å²) in [6.45, 7) is 0.150. The van der Waals surface area contributed by atoms with Gasteiger partial charge in [0.15, 0.2) is 11.5 Å². The van der Waals surface area contributed by atoms with E-state index in [0.717, 1.165) is 16.7 Å². The molecule has 1 aliphatic rings. The van der Waals surface area contributed by atoms with Gasteiger partial charge < -0.3 is 19.9 Å². The number of amides is 3. The minimum atomic E-state index is -0.385. The normalized spacial score (nSPS) is 14.8. The van der Waals surface area contributed by atoms with Crippen molar-refractivity contribution in [1.82, 2.24) is 4.90 Å². The topological polar surface area (TPSA) is 105 Å². The van der Waals surface area contributed by atoms with E-state index >= 15 is 0 Å². The van der Waals surface area contributed by atoms with Gasteiger partial charge >= 0.3 is 0 Å². The Hall–Kier alpha value is -3.46. The van der Waals surface area contributed by atoms with Crippen molar-refractivity contribution < 1.29 is 29.0 Å². The predicted molar refractivity (Wildman–Crippen MR) is 118 cm³/mol. The van der Waals surface area contributed by atoms with Crippen LogP contribution in [-0.4, -0.2) is 47.8 Å². The van der Waals surface area contributed by atoms with E-state index in [4.69, 9.17) is 9.47 Å². The van der Waals surface area contributed by atoms with Crippen LogP contribution in [0, 0.1) is 0 Å². The molecule has 0 unspecified atom stereocenters. The van der Waals surface area contributed by atoms with Crippen LogP contribution in [0.3, 0.4) is 0 Å². The standard InChI is InChI=1S/C22H22N2O6S/c1-29-17-10-5-14(12-18(17)30-2)13-19-21(27)24(22(28)31-19)11-3-4-20(26)23-15-6-8-16(25)9-7-15/h5-10,12-13,25H,3-4,11H2,1-2H3,(H,23,26). The van der Waals surface area contributed by atoms with E-state index in [1.54, 1.807) is 36.4 Å². The summed E-state index contributed by atoms with van der Waals surface area (Å²) in [6, 6.07) is 11.3. The highest BCUT2D eigenvalue weighted by Gasteiger charge is 2.34. The number of phenolic OH excluding ortho intramolecular Hbond substituents is 1. The summed E-state index contributed by atoms with van der Waals surface area (Å²) in [7, 11) is 3.06. The highest BCUT2D eigenvalue weighted by atomic mass is 32.2. The van der Waals surface area contributed by atoms with Crippen LogP contribution in [0.4, 0.5) is 10.5 Å². The minimum Gasteiger partial charge on any atom is -0.508 e. The number of anilines is 1. The van der Waals surface area contributed by atoms with Gasteiger partial charge in [0.25, 0.3) is 11.1 Å². The van der Waals surface area contributed by atoms with Gasteiger partial charge in [-0.3, -0.25) is 19.3 Å². The van der Waals surface area contributed by atoms with Crippen LogP contribution in [0.25, 0.3) is 6.08 Å². The number of phenols is 1. The number of rotatable bonds is 8. The van der Waals surface area contributed by atoms with Gasteiger partial charge in [-0.05, 0) is 66.2 Å². The fraction of sp³-hybridized carbons (Fsp3) is 0.227. The van der Waals surface area contributed by atoms with Crippen molar-refractivity contribution in [2.75, 3.05) is 26.1 Å². The number of methoxy groups -OCH3 is 2. The third kappa shape index (κ3) is 5.58. The second-order valence-corrected chi connectivity index (χ2v) is 7.64. The summed E-state index contributed by atoms with van der Waals surface area (Å²) in [4.78, 5) is 38.4. The van der Waals surface area contributed by atoms with Crippen LogP contribution in [0.2, 0.25) is 0 Å². The van der Waals surface area contributed by atoms with Crippen molar-refractivity contribution in [3.8, 4) is 17.2 Å². The number of carbonyl (C=O) groups is 3. The van der Waals surface area contributed by atoms with E-state index in [0.29, 0.717) is 34.1 Å². The Labute approximate surface area is 183 Å². The zero-order valence-corrected chi connectivity index (χ0v) is 17.9. The Morgan fingerprint density at radius 1 is 1.10 bits per heavy atom. The molecule has 1 saturated heterocycles. The number of ether oxygens (including phenoxy) is 2. The maximum Gasteiger partial charge on any atom is 0.293 e. The summed E-state index contributed by atoms with van der Waals surface area (Å²) in [5, 5.41) is 11.6. The monoisotopic (exact) mass is 442 g/mol. The van der Waals surface area contributed by atoms with Crippen LogP contribution in [-0.2, 0) is 9.59 Å². The van der Waals surface area contributed by atoms with Crippen molar-refractivity contribution in [3.05, 3.63) is 52.9 Å². The third-order valence-corrected chi connectivity index (χ3v) is 5.42. The number of hydrogen-bond donors (Lipinski definition) is 2. The smallest absolute Gasteiger partial charge is 0.293 e. The second-order valence-electron chi connectivity index (χ2n) is 6.65. The van der Waals surface area contributed by atoms with Crippen LogP contribution in [0.5, 0.6) is 17.2 Å². The molecule has 162 valence electrons. The van der Waals surface area contributed by atoms with Crippen molar-refractivity contribution in [3.63, 3.8) is 0 Å². The van der Waals surface area contributed by atoms with Gasteiger partial charge in [0.1, 0.15) is 5.75 Å². The highest BCUT2D eigenvalue weighted by molar-refractivity contribution is 8.18. The lowest BCUT2D eigenvalue weighted by molar-refractivity contribution is -0.123. The van der Waals surface area contributed by atoms with Gasteiger partial charge in [0.2, 0.25) is 5.91 Å². The number of benzene rings is 2. The van der Waals surface area contributed by atoms with Crippen LogP contribution in [0.15, 0.2) is 47.4 Å². The average Bonchev–Trinajstić information content (AvgIpc) is 3.02. The van der Waals surface area contributed by atoms with Gasteiger partial charge in [0, 0.05) is 18.7 Å². The van der Waals surface area contributed by atoms with Gasteiger partial charge in [-0.25, -0.2) is 0 Å². The lowest BCUT2D eigenvalue weighted by Crippen LogP contribution is -2.29. The van der Waals surface area contributed by atoms with Crippen LogP contribution < -0.4 is 14.8 Å². The molecule has 3 amide bonds. The molecule has 1 fully saturated rings. The lowest BCUT2D eigenvalue weighted by Gasteiger charge is -2.12. The third-order valence-electron chi connectivity index (χ3n) is 4.52. The molecule has 2 N–H and O–H groups in total. The molecule has 0 saturated carbocycles. The largest absolute Gasteiger partial charge is 0.508 e. The first kappa shape index (κ1) is 22.2. The van der Waals surface area contributed by atoms with Crippen LogP contribution >= 0.6 is 11.8 Å². The van der Waals surface area contributed by atoms with Crippen molar-refractivity contribution in [2.45, 2.75) is 12.8 Å². The zero-order chi connectivity index (χ0) is 22.4. The molecule has 9 heteroatoms. The molecule has 0 aliphatic carbocycles. The molecule has 8 nitrogen and oxygen atoms in total. The molecule has 1 heterocycles. The number of nitrogens with zero attached hydrogens (tertiary/aromatic N) is 1. The Bertz CT molecular complexity index is 1020. The Morgan fingerprint density at radius 2 is 1.81 bits per heavy atom. The summed E-state index contributed by atoms with van der Waals surface area (Å²) in [5.41, 5.74) is 1.27. The second kappa shape index (κ2) is 10.0. The average molecular weight is 442 g/mol.